The minimum Gasteiger partial charge on any atom is -0.488 e. The summed E-state index contributed by atoms with van der Waals surface area (Å²) in [6.45, 7) is 14.4. The molecule has 1 atom stereocenters. The van der Waals surface area contributed by atoms with E-state index in [1.54, 1.807) is 6.08 Å². The molecule has 4 nitrogen and oxygen atoms in total. The molecule has 0 amide bonds. The fourth-order valence-corrected chi connectivity index (χ4v) is 3.38. The summed E-state index contributed by atoms with van der Waals surface area (Å²) in [6, 6.07) is 7.86. The van der Waals surface area contributed by atoms with Crippen LogP contribution in [-0.4, -0.2) is 31.0 Å². The Balaban J connectivity index is 1.71. The molecule has 0 saturated carbocycles. The van der Waals surface area contributed by atoms with Gasteiger partial charge < -0.3 is 18.8 Å². The van der Waals surface area contributed by atoms with Crippen LogP contribution < -0.4 is 10.2 Å². The van der Waals surface area contributed by atoms with Crippen LogP contribution in [0.25, 0.3) is 0 Å². The van der Waals surface area contributed by atoms with Crippen molar-refractivity contribution < 1.29 is 18.8 Å². The molecule has 1 unspecified atom stereocenters. The summed E-state index contributed by atoms with van der Waals surface area (Å²) in [5.41, 5.74) is 1.29. The molecule has 2 heterocycles. The molecule has 0 N–H and O–H groups in total. The third kappa shape index (κ3) is 3.89. The van der Waals surface area contributed by atoms with Crippen LogP contribution in [0.4, 0.5) is 0 Å². The van der Waals surface area contributed by atoms with Gasteiger partial charge in [0.25, 0.3) is 0 Å². The lowest BCUT2D eigenvalue weighted by atomic mass is 9.79. The quantitative estimate of drug-likeness (QED) is 0.656. The summed E-state index contributed by atoms with van der Waals surface area (Å²) in [6.07, 6.45) is 3.58. The van der Waals surface area contributed by atoms with Crippen molar-refractivity contribution in [3.05, 3.63) is 58.8 Å². The average molecular weight is 433 g/mol. The normalized spacial score (nSPS) is 26.8. The molecule has 3 rings (SSSR count). The topological polar surface area (TPSA) is 36.9 Å². The zero-order valence-electron chi connectivity index (χ0n) is 16.5. The van der Waals surface area contributed by atoms with Gasteiger partial charge in [-0.05, 0) is 68.1 Å². The van der Waals surface area contributed by atoms with E-state index < -0.39 is 0 Å². The maximum absolute atomic E-state index is 6.14. The zero-order chi connectivity index (χ0) is 19.8. The van der Waals surface area contributed by atoms with E-state index in [9.17, 15) is 0 Å². The van der Waals surface area contributed by atoms with Gasteiger partial charge in [0.1, 0.15) is 18.1 Å². The molecule has 0 aliphatic carbocycles. The van der Waals surface area contributed by atoms with Crippen molar-refractivity contribution >= 4 is 28.5 Å². The monoisotopic (exact) mass is 432 g/mol. The van der Waals surface area contributed by atoms with Gasteiger partial charge in [-0.2, -0.15) is 0 Å². The summed E-state index contributed by atoms with van der Waals surface area (Å²) >= 11 is 3.48. The second-order valence-electron chi connectivity index (χ2n) is 7.70. The Kier molecular flexibility index (Phi) is 5.62. The molecule has 2 aliphatic heterocycles. The fraction of sp³-hybridized carbons (Fsp3) is 0.429. The highest BCUT2D eigenvalue weighted by molar-refractivity contribution is 9.11. The van der Waals surface area contributed by atoms with Crippen molar-refractivity contribution in [2.75, 3.05) is 6.61 Å². The van der Waals surface area contributed by atoms with Crippen molar-refractivity contribution in [3.8, 4) is 5.75 Å². The van der Waals surface area contributed by atoms with E-state index in [0.29, 0.717) is 6.61 Å². The third-order valence-electron chi connectivity index (χ3n) is 5.38. The van der Waals surface area contributed by atoms with Crippen LogP contribution in [0.2, 0.25) is 0 Å². The van der Waals surface area contributed by atoms with Crippen LogP contribution in [0.1, 0.15) is 34.6 Å². The Bertz CT molecular complexity index is 764. The molecule has 0 spiro atoms. The summed E-state index contributed by atoms with van der Waals surface area (Å²) in [7, 11) is -0.372. The molecule has 144 valence electrons. The second-order valence-corrected chi connectivity index (χ2v) is 8.55. The Labute approximate surface area is 170 Å². The fourth-order valence-electron chi connectivity index (χ4n) is 3.04. The van der Waals surface area contributed by atoms with E-state index in [-0.39, 0.29) is 24.4 Å². The van der Waals surface area contributed by atoms with E-state index in [4.69, 9.17) is 18.8 Å². The lowest BCUT2D eigenvalue weighted by Crippen LogP contribution is -2.41. The molecule has 27 heavy (non-hydrogen) atoms. The molecule has 1 aromatic carbocycles. The first kappa shape index (κ1) is 20.2. The highest BCUT2D eigenvalue weighted by atomic mass is 79.9. The van der Waals surface area contributed by atoms with E-state index in [1.807, 2.05) is 37.3 Å². The molecular formula is C21H26BBrO4. The predicted octanol–water partition coefficient (Wildman–Crippen LogP) is 4.50. The van der Waals surface area contributed by atoms with Crippen LogP contribution >= 0.6 is 15.9 Å². The molecule has 2 aliphatic rings. The van der Waals surface area contributed by atoms with Gasteiger partial charge in [-0.3, -0.25) is 0 Å². The Morgan fingerprint density at radius 3 is 2.30 bits per heavy atom. The number of ether oxygens (including phenoxy) is 2. The molecule has 6 heteroatoms. The standard InChI is InChI=1S/C21H26BBrO4/c1-7-16-18(13-24-19(16)17(23)8-2)25-15-11-9-14(10-12-15)22-26-20(3,4)21(5,6)27-22/h7-12,18H,2,13H2,1,3-6H3/b16-7-,19-17-. The first-order valence-electron chi connectivity index (χ1n) is 9.12. The van der Waals surface area contributed by atoms with E-state index in [0.717, 1.165) is 27.0 Å². The van der Waals surface area contributed by atoms with Crippen LogP contribution in [0.3, 0.4) is 0 Å². The van der Waals surface area contributed by atoms with Gasteiger partial charge in [0, 0.05) is 5.57 Å². The maximum atomic E-state index is 6.14. The van der Waals surface area contributed by atoms with Gasteiger partial charge in [-0.15, -0.1) is 0 Å². The van der Waals surface area contributed by atoms with Gasteiger partial charge in [-0.1, -0.05) is 30.9 Å². The molecule has 2 fully saturated rings. The van der Waals surface area contributed by atoms with Crippen LogP contribution in [0.5, 0.6) is 5.75 Å². The molecule has 0 bridgehead atoms. The summed E-state index contributed by atoms with van der Waals surface area (Å²) in [5.74, 6) is 1.56. The van der Waals surface area contributed by atoms with E-state index in [2.05, 4.69) is 50.2 Å². The van der Waals surface area contributed by atoms with Gasteiger partial charge in [0.2, 0.25) is 0 Å². The van der Waals surface area contributed by atoms with Crippen molar-refractivity contribution in [2.45, 2.75) is 51.9 Å². The Morgan fingerprint density at radius 2 is 1.78 bits per heavy atom. The average Bonchev–Trinajstić information content (AvgIpc) is 3.12. The first-order chi connectivity index (χ1) is 12.7. The third-order valence-corrected chi connectivity index (χ3v) is 6.06. The van der Waals surface area contributed by atoms with Gasteiger partial charge in [0.15, 0.2) is 6.10 Å². The summed E-state index contributed by atoms with van der Waals surface area (Å²) in [4.78, 5) is 0. The van der Waals surface area contributed by atoms with E-state index >= 15 is 0 Å². The molecule has 1 aromatic rings. The number of halogens is 1. The zero-order valence-corrected chi connectivity index (χ0v) is 18.1. The highest BCUT2D eigenvalue weighted by Gasteiger charge is 2.51. The van der Waals surface area contributed by atoms with Gasteiger partial charge in [0.05, 0.1) is 15.7 Å². The van der Waals surface area contributed by atoms with Gasteiger partial charge in [-0.25, -0.2) is 0 Å². The van der Waals surface area contributed by atoms with Crippen LogP contribution in [-0.2, 0) is 14.0 Å². The predicted molar refractivity (Wildman–Crippen MR) is 112 cm³/mol. The van der Waals surface area contributed by atoms with Crippen LogP contribution in [0.15, 0.2) is 58.8 Å². The minimum atomic E-state index is -0.372. The molecular weight excluding hydrogens is 407 g/mol. The number of allylic oxidation sites excluding steroid dienone is 3. The minimum absolute atomic E-state index is 0.153. The van der Waals surface area contributed by atoms with Crippen LogP contribution in [0, 0.1) is 0 Å². The van der Waals surface area contributed by atoms with E-state index in [1.165, 1.54) is 0 Å². The molecule has 2 saturated heterocycles. The first-order valence-corrected chi connectivity index (χ1v) is 9.91. The van der Waals surface area contributed by atoms with Crippen molar-refractivity contribution in [1.29, 1.82) is 0 Å². The SMILES string of the molecule is C=C/C(Br)=C1/OCC(Oc2ccc(B3OC(C)(C)C(C)(C)O3)cc2)/C1=C/C. The number of rotatable bonds is 4. The highest BCUT2D eigenvalue weighted by Crippen LogP contribution is 2.37. The summed E-state index contributed by atoms with van der Waals surface area (Å²) in [5, 5.41) is 0. The number of hydrogen-bond acceptors (Lipinski definition) is 4. The number of hydrogen-bond donors (Lipinski definition) is 0. The lowest BCUT2D eigenvalue weighted by molar-refractivity contribution is 0.00578. The largest absolute Gasteiger partial charge is 0.494 e. The second kappa shape index (κ2) is 7.49. The van der Waals surface area contributed by atoms with Crippen molar-refractivity contribution in [1.82, 2.24) is 0 Å². The number of benzene rings is 1. The Morgan fingerprint density at radius 1 is 1.19 bits per heavy atom. The molecule has 0 radical (unpaired) electrons. The smallest absolute Gasteiger partial charge is 0.488 e. The van der Waals surface area contributed by atoms with Gasteiger partial charge >= 0.3 is 7.12 Å². The maximum Gasteiger partial charge on any atom is 0.494 e. The molecule has 0 aromatic heterocycles. The van der Waals surface area contributed by atoms with Crippen molar-refractivity contribution in [3.63, 3.8) is 0 Å². The van der Waals surface area contributed by atoms with Crippen molar-refractivity contribution in [2.24, 2.45) is 0 Å². The summed E-state index contributed by atoms with van der Waals surface area (Å²) < 4.78 is 24.9. The Hall–Kier alpha value is -1.50. The lowest BCUT2D eigenvalue weighted by Gasteiger charge is -2.32.